The van der Waals surface area contributed by atoms with E-state index >= 15 is 0 Å². The number of rotatable bonds is 0. The Morgan fingerprint density at radius 1 is 1.33 bits per heavy atom. The van der Waals surface area contributed by atoms with E-state index in [2.05, 4.69) is 24.3 Å². The van der Waals surface area contributed by atoms with Crippen LogP contribution in [0.15, 0.2) is 24.3 Å². The van der Waals surface area contributed by atoms with Crippen LogP contribution in [0.4, 0.5) is 0 Å². The highest BCUT2D eigenvalue weighted by Crippen LogP contribution is 2.36. The molecule has 0 saturated heterocycles. The zero-order chi connectivity index (χ0) is 10.3. The van der Waals surface area contributed by atoms with Gasteiger partial charge in [0.05, 0.1) is 19.3 Å². The quantitative estimate of drug-likeness (QED) is 0.738. The summed E-state index contributed by atoms with van der Waals surface area (Å²) >= 11 is 1.82. The van der Waals surface area contributed by atoms with Gasteiger partial charge in [-0.1, -0.05) is 18.2 Å². The van der Waals surface area contributed by atoms with E-state index in [-0.39, 0.29) is 6.04 Å². The molecule has 2 N–H and O–H groups in total. The molecule has 3 heteroatoms. The molecule has 1 aliphatic heterocycles. The second kappa shape index (κ2) is 3.59. The van der Waals surface area contributed by atoms with E-state index < -0.39 is 0 Å². The van der Waals surface area contributed by atoms with Crippen molar-refractivity contribution >= 4 is 21.4 Å². The molecule has 78 valence electrons. The number of benzene rings is 1. The Balaban J connectivity index is 2.26. The maximum Gasteiger partial charge on any atom is 0.0667 e. The van der Waals surface area contributed by atoms with Gasteiger partial charge >= 0.3 is 0 Å². The van der Waals surface area contributed by atoms with Crippen molar-refractivity contribution in [2.24, 2.45) is 5.73 Å². The lowest BCUT2D eigenvalue weighted by Crippen LogP contribution is -2.14. The zero-order valence-electron chi connectivity index (χ0n) is 8.40. The van der Waals surface area contributed by atoms with Crippen LogP contribution in [0, 0.1) is 0 Å². The molecule has 1 aromatic heterocycles. The fourth-order valence-electron chi connectivity index (χ4n) is 2.14. The molecule has 0 radical (unpaired) electrons. The van der Waals surface area contributed by atoms with E-state index in [0.717, 1.165) is 13.0 Å². The Labute approximate surface area is 92.7 Å². The summed E-state index contributed by atoms with van der Waals surface area (Å²) in [4.78, 5) is 1.31. The molecule has 15 heavy (non-hydrogen) atoms. The molecule has 0 amide bonds. The molecule has 0 spiro atoms. The van der Waals surface area contributed by atoms with Crippen LogP contribution in [0.3, 0.4) is 0 Å². The average Bonchev–Trinajstić information content (AvgIpc) is 2.54. The summed E-state index contributed by atoms with van der Waals surface area (Å²) in [5, 5.41) is 1.36. The van der Waals surface area contributed by atoms with Crippen LogP contribution in [0.25, 0.3) is 10.1 Å². The third kappa shape index (κ3) is 1.47. The van der Waals surface area contributed by atoms with Crippen LogP contribution < -0.4 is 5.73 Å². The number of fused-ring (bicyclic) bond motifs is 3. The third-order valence-corrected chi connectivity index (χ3v) is 4.21. The Morgan fingerprint density at radius 2 is 2.20 bits per heavy atom. The van der Waals surface area contributed by atoms with E-state index in [0.29, 0.717) is 6.61 Å². The second-order valence-corrected chi connectivity index (χ2v) is 4.96. The van der Waals surface area contributed by atoms with Crippen LogP contribution in [0.2, 0.25) is 0 Å². The lowest BCUT2D eigenvalue weighted by molar-refractivity contribution is 0.131. The van der Waals surface area contributed by atoms with E-state index in [4.69, 9.17) is 10.5 Å². The summed E-state index contributed by atoms with van der Waals surface area (Å²) in [7, 11) is 0. The van der Waals surface area contributed by atoms with Gasteiger partial charge in [-0.2, -0.15) is 0 Å². The third-order valence-electron chi connectivity index (χ3n) is 2.86. The molecule has 0 bridgehead atoms. The molecule has 1 unspecified atom stereocenters. The van der Waals surface area contributed by atoms with Gasteiger partial charge in [-0.05, 0) is 23.4 Å². The number of ether oxygens (including phenoxy) is 1. The molecule has 0 fully saturated rings. The first-order valence-electron chi connectivity index (χ1n) is 5.20. The number of hydrogen-bond donors (Lipinski definition) is 1. The first-order valence-corrected chi connectivity index (χ1v) is 6.01. The van der Waals surface area contributed by atoms with E-state index in [1.807, 2.05) is 11.3 Å². The van der Waals surface area contributed by atoms with Crippen LogP contribution in [-0.4, -0.2) is 13.2 Å². The largest absolute Gasteiger partial charge is 0.379 e. The van der Waals surface area contributed by atoms with Gasteiger partial charge in [-0.3, -0.25) is 0 Å². The molecule has 2 heterocycles. The standard InChI is InChI=1S/C12H13NOS/c13-10-7-14-6-5-9-8-3-1-2-4-11(8)15-12(9)10/h1-4,10H,5-7,13H2. The van der Waals surface area contributed by atoms with E-state index in [9.17, 15) is 0 Å². The Hall–Kier alpha value is -0.900. The van der Waals surface area contributed by atoms with Gasteiger partial charge in [-0.15, -0.1) is 11.3 Å². The lowest BCUT2D eigenvalue weighted by atomic mass is 10.1. The molecule has 1 aromatic carbocycles. The smallest absolute Gasteiger partial charge is 0.0667 e. The van der Waals surface area contributed by atoms with Gasteiger partial charge in [-0.25, -0.2) is 0 Å². The molecule has 1 aliphatic rings. The minimum absolute atomic E-state index is 0.0555. The Morgan fingerprint density at radius 3 is 3.13 bits per heavy atom. The Kier molecular flexibility index (Phi) is 2.24. The highest BCUT2D eigenvalue weighted by atomic mass is 32.1. The molecule has 3 rings (SSSR count). The summed E-state index contributed by atoms with van der Waals surface area (Å²) in [6.07, 6.45) is 0.993. The normalized spacial score (nSPS) is 21.3. The fraction of sp³-hybridized carbons (Fsp3) is 0.333. The van der Waals surface area contributed by atoms with E-state index in [1.165, 1.54) is 20.5 Å². The van der Waals surface area contributed by atoms with Crippen LogP contribution in [0.1, 0.15) is 16.5 Å². The van der Waals surface area contributed by atoms with Crippen molar-refractivity contribution in [1.82, 2.24) is 0 Å². The highest BCUT2D eigenvalue weighted by Gasteiger charge is 2.20. The average molecular weight is 219 g/mol. The lowest BCUT2D eigenvalue weighted by Gasteiger charge is -2.06. The minimum Gasteiger partial charge on any atom is -0.379 e. The maximum absolute atomic E-state index is 6.10. The molecule has 2 nitrogen and oxygen atoms in total. The predicted molar refractivity (Wildman–Crippen MR) is 63.3 cm³/mol. The minimum atomic E-state index is 0.0555. The molecule has 0 saturated carbocycles. The monoisotopic (exact) mass is 219 g/mol. The molecule has 0 aliphatic carbocycles. The van der Waals surface area contributed by atoms with Crippen LogP contribution in [-0.2, 0) is 11.2 Å². The number of thiophene rings is 1. The topological polar surface area (TPSA) is 35.2 Å². The van der Waals surface area contributed by atoms with Crippen LogP contribution in [0.5, 0.6) is 0 Å². The van der Waals surface area contributed by atoms with Gasteiger partial charge in [0, 0.05) is 9.58 Å². The van der Waals surface area contributed by atoms with Gasteiger partial charge in [0.15, 0.2) is 0 Å². The van der Waals surface area contributed by atoms with Gasteiger partial charge in [0.2, 0.25) is 0 Å². The molecule has 1 atom stereocenters. The highest BCUT2D eigenvalue weighted by molar-refractivity contribution is 7.19. The summed E-state index contributed by atoms with van der Waals surface area (Å²) in [5.74, 6) is 0. The summed E-state index contributed by atoms with van der Waals surface area (Å²) < 4.78 is 6.83. The first kappa shape index (κ1) is 9.33. The fourth-order valence-corrected chi connectivity index (χ4v) is 3.37. The molecular weight excluding hydrogens is 206 g/mol. The van der Waals surface area contributed by atoms with Crippen molar-refractivity contribution < 1.29 is 4.74 Å². The van der Waals surface area contributed by atoms with Crippen molar-refractivity contribution in [3.05, 3.63) is 34.7 Å². The van der Waals surface area contributed by atoms with Crippen molar-refractivity contribution in [2.45, 2.75) is 12.5 Å². The SMILES string of the molecule is NC1COCCc2c1sc1ccccc21. The summed E-state index contributed by atoms with van der Waals surface area (Å²) in [6.45, 7) is 1.45. The summed E-state index contributed by atoms with van der Waals surface area (Å²) in [5.41, 5.74) is 7.50. The van der Waals surface area contributed by atoms with Crippen molar-refractivity contribution in [2.75, 3.05) is 13.2 Å². The van der Waals surface area contributed by atoms with Gasteiger partial charge in [0.25, 0.3) is 0 Å². The number of hydrogen-bond acceptors (Lipinski definition) is 3. The molecular formula is C12H13NOS. The zero-order valence-corrected chi connectivity index (χ0v) is 9.22. The maximum atomic E-state index is 6.10. The first-order chi connectivity index (χ1) is 7.36. The molecule has 2 aromatic rings. The van der Waals surface area contributed by atoms with Gasteiger partial charge < -0.3 is 10.5 Å². The van der Waals surface area contributed by atoms with E-state index in [1.54, 1.807) is 0 Å². The van der Waals surface area contributed by atoms with Gasteiger partial charge in [0.1, 0.15) is 0 Å². The van der Waals surface area contributed by atoms with Crippen LogP contribution >= 0.6 is 11.3 Å². The van der Waals surface area contributed by atoms with Crippen molar-refractivity contribution in [3.63, 3.8) is 0 Å². The van der Waals surface area contributed by atoms with Crippen molar-refractivity contribution in [1.29, 1.82) is 0 Å². The second-order valence-electron chi connectivity index (χ2n) is 3.87. The Bertz CT molecular complexity index is 491. The summed E-state index contributed by atoms with van der Waals surface area (Å²) in [6, 6.07) is 8.58. The predicted octanol–water partition coefficient (Wildman–Crippen LogP) is 2.47. The van der Waals surface area contributed by atoms with Crippen molar-refractivity contribution in [3.8, 4) is 0 Å². The number of nitrogens with two attached hydrogens (primary N) is 1.